The number of hydrogen-bond donors (Lipinski definition) is 0. The van der Waals surface area contributed by atoms with E-state index in [9.17, 15) is 0 Å². The van der Waals surface area contributed by atoms with E-state index in [0.717, 1.165) is 5.56 Å². The van der Waals surface area contributed by atoms with Crippen LogP contribution in [0.3, 0.4) is 0 Å². The first kappa shape index (κ1) is 9.72. The van der Waals surface area contributed by atoms with Crippen LogP contribution in [0.15, 0.2) is 29.3 Å². The highest BCUT2D eigenvalue weighted by Gasteiger charge is 2.26. The minimum Gasteiger partial charge on any atom is -0.475 e. The summed E-state index contributed by atoms with van der Waals surface area (Å²) in [6.45, 7) is 4.64. The van der Waals surface area contributed by atoms with Gasteiger partial charge in [-0.1, -0.05) is 6.07 Å². The van der Waals surface area contributed by atoms with Crippen molar-refractivity contribution in [3.05, 3.63) is 35.4 Å². The summed E-state index contributed by atoms with van der Waals surface area (Å²) in [5.74, 6) is 0.636. The second kappa shape index (κ2) is 3.39. The second-order valence-corrected chi connectivity index (χ2v) is 4.21. The van der Waals surface area contributed by atoms with E-state index in [2.05, 4.69) is 11.1 Å². The van der Waals surface area contributed by atoms with Crippen LogP contribution in [0, 0.1) is 11.3 Å². The third kappa shape index (κ3) is 1.99. The Hall–Kier alpha value is -1.82. The van der Waals surface area contributed by atoms with E-state index in [1.165, 1.54) is 0 Å². The predicted molar refractivity (Wildman–Crippen MR) is 57.7 cm³/mol. The fraction of sp³-hybridized carbons (Fsp3) is 0.333. The third-order valence-corrected chi connectivity index (χ3v) is 2.20. The van der Waals surface area contributed by atoms with Gasteiger partial charge in [-0.25, -0.2) is 4.99 Å². The molecule has 76 valence electrons. The molecular weight excluding hydrogens is 188 g/mol. The van der Waals surface area contributed by atoms with Gasteiger partial charge in [0.05, 0.1) is 17.2 Å². The molecule has 0 saturated heterocycles. The van der Waals surface area contributed by atoms with Crippen molar-refractivity contribution in [2.75, 3.05) is 6.61 Å². The van der Waals surface area contributed by atoms with Crippen LogP contribution in [0.4, 0.5) is 0 Å². The van der Waals surface area contributed by atoms with Crippen LogP contribution in [0.2, 0.25) is 0 Å². The summed E-state index contributed by atoms with van der Waals surface area (Å²) < 4.78 is 5.49. The molecule has 0 N–H and O–H groups in total. The average Bonchev–Trinajstić information content (AvgIpc) is 2.59. The second-order valence-electron chi connectivity index (χ2n) is 4.21. The summed E-state index contributed by atoms with van der Waals surface area (Å²) in [6.07, 6.45) is 0. The number of nitriles is 1. The zero-order valence-electron chi connectivity index (χ0n) is 8.82. The molecule has 1 heterocycles. The van der Waals surface area contributed by atoms with Crippen molar-refractivity contribution in [1.82, 2.24) is 0 Å². The van der Waals surface area contributed by atoms with Gasteiger partial charge in [-0.2, -0.15) is 5.26 Å². The van der Waals surface area contributed by atoms with Crippen molar-refractivity contribution in [2.45, 2.75) is 19.4 Å². The van der Waals surface area contributed by atoms with Gasteiger partial charge in [-0.3, -0.25) is 0 Å². The van der Waals surface area contributed by atoms with Crippen LogP contribution in [0.25, 0.3) is 0 Å². The lowest BCUT2D eigenvalue weighted by atomic mass is 10.1. The Morgan fingerprint density at radius 3 is 2.87 bits per heavy atom. The zero-order chi connectivity index (χ0) is 10.9. The van der Waals surface area contributed by atoms with Gasteiger partial charge < -0.3 is 4.74 Å². The first-order valence-corrected chi connectivity index (χ1v) is 4.84. The standard InChI is InChI=1S/C12H12N2O/c1-12(2)8-15-11(14-12)10-5-3-4-9(6-10)7-13/h3-6H,8H2,1-2H3. The van der Waals surface area contributed by atoms with Crippen LogP contribution in [-0.4, -0.2) is 18.0 Å². The van der Waals surface area contributed by atoms with Gasteiger partial charge in [0, 0.05) is 5.56 Å². The Bertz CT molecular complexity index is 455. The Morgan fingerprint density at radius 1 is 1.47 bits per heavy atom. The van der Waals surface area contributed by atoms with E-state index >= 15 is 0 Å². The Kier molecular flexibility index (Phi) is 2.20. The normalized spacial score (nSPS) is 17.8. The molecule has 0 amide bonds. The van der Waals surface area contributed by atoms with Crippen molar-refractivity contribution in [1.29, 1.82) is 5.26 Å². The van der Waals surface area contributed by atoms with Crippen molar-refractivity contribution in [2.24, 2.45) is 4.99 Å². The quantitative estimate of drug-likeness (QED) is 0.697. The van der Waals surface area contributed by atoms with Gasteiger partial charge >= 0.3 is 0 Å². The molecule has 0 atom stereocenters. The number of nitrogens with zero attached hydrogens (tertiary/aromatic N) is 2. The molecule has 0 aliphatic carbocycles. The van der Waals surface area contributed by atoms with E-state index in [0.29, 0.717) is 18.1 Å². The molecule has 1 aromatic carbocycles. The molecule has 3 nitrogen and oxygen atoms in total. The van der Waals surface area contributed by atoms with Gasteiger partial charge in [-0.15, -0.1) is 0 Å². The minimum atomic E-state index is -0.155. The minimum absolute atomic E-state index is 0.155. The fourth-order valence-electron chi connectivity index (χ4n) is 1.45. The van der Waals surface area contributed by atoms with Crippen LogP contribution in [0.5, 0.6) is 0 Å². The molecule has 1 aliphatic heterocycles. The van der Waals surface area contributed by atoms with E-state index in [1.54, 1.807) is 12.1 Å². The fourth-order valence-corrected chi connectivity index (χ4v) is 1.45. The van der Waals surface area contributed by atoms with Gasteiger partial charge in [0.25, 0.3) is 0 Å². The number of benzene rings is 1. The Balaban J connectivity index is 2.36. The number of rotatable bonds is 1. The molecule has 0 spiro atoms. The molecule has 0 bridgehead atoms. The maximum Gasteiger partial charge on any atom is 0.216 e. The molecule has 0 fully saturated rings. The average molecular weight is 200 g/mol. The summed E-state index contributed by atoms with van der Waals surface area (Å²) in [6, 6.07) is 9.40. The lowest BCUT2D eigenvalue weighted by Gasteiger charge is -2.07. The zero-order valence-corrected chi connectivity index (χ0v) is 8.82. The maximum absolute atomic E-state index is 8.78. The van der Waals surface area contributed by atoms with Crippen LogP contribution in [-0.2, 0) is 4.74 Å². The smallest absolute Gasteiger partial charge is 0.216 e. The predicted octanol–water partition coefficient (Wildman–Crippen LogP) is 2.11. The molecule has 3 heteroatoms. The van der Waals surface area contributed by atoms with Crippen LogP contribution >= 0.6 is 0 Å². The summed E-state index contributed by atoms with van der Waals surface area (Å²) in [5, 5.41) is 8.78. The highest BCUT2D eigenvalue weighted by molar-refractivity contribution is 5.95. The summed E-state index contributed by atoms with van der Waals surface area (Å²) in [5.41, 5.74) is 1.35. The van der Waals surface area contributed by atoms with Gasteiger partial charge in [-0.05, 0) is 32.0 Å². The maximum atomic E-state index is 8.78. The summed E-state index contributed by atoms with van der Waals surface area (Å²) >= 11 is 0. The van der Waals surface area contributed by atoms with Crippen molar-refractivity contribution >= 4 is 5.90 Å². The first-order valence-electron chi connectivity index (χ1n) is 4.84. The van der Waals surface area contributed by atoms with Gasteiger partial charge in [0.15, 0.2) is 0 Å². The summed E-state index contributed by atoms with van der Waals surface area (Å²) in [7, 11) is 0. The van der Waals surface area contributed by atoms with Crippen molar-refractivity contribution in [3.63, 3.8) is 0 Å². The molecule has 1 aromatic rings. The molecule has 0 aromatic heterocycles. The number of aliphatic imine (C=N–C) groups is 1. The van der Waals surface area contributed by atoms with Crippen LogP contribution < -0.4 is 0 Å². The van der Waals surface area contributed by atoms with Crippen molar-refractivity contribution < 1.29 is 4.74 Å². The molecule has 0 unspecified atom stereocenters. The Labute approximate surface area is 89.0 Å². The molecule has 0 radical (unpaired) electrons. The molecule has 0 saturated carbocycles. The molecule has 1 aliphatic rings. The first-order chi connectivity index (χ1) is 7.11. The molecule has 15 heavy (non-hydrogen) atoms. The topological polar surface area (TPSA) is 45.4 Å². The van der Waals surface area contributed by atoms with E-state index < -0.39 is 0 Å². The monoisotopic (exact) mass is 200 g/mol. The summed E-state index contributed by atoms with van der Waals surface area (Å²) in [4.78, 5) is 4.45. The van der Waals surface area contributed by atoms with E-state index in [1.807, 2.05) is 26.0 Å². The SMILES string of the molecule is CC1(C)COC(c2cccc(C#N)c2)=N1. The number of hydrogen-bond acceptors (Lipinski definition) is 3. The van der Waals surface area contributed by atoms with Gasteiger partial charge in [0.1, 0.15) is 6.61 Å². The van der Waals surface area contributed by atoms with Gasteiger partial charge in [0.2, 0.25) is 5.90 Å². The van der Waals surface area contributed by atoms with E-state index in [4.69, 9.17) is 10.00 Å². The lowest BCUT2D eigenvalue weighted by molar-refractivity contribution is 0.279. The van der Waals surface area contributed by atoms with E-state index in [-0.39, 0.29) is 5.54 Å². The van der Waals surface area contributed by atoms with Crippen molar-refractivity contribution in [3.8, 4) is 6.07 Å². The Morgan fingerprint density at radius 2 is 2.27 bits per heavy atom. The lowest BCUT2D eigenvalue weighted by Crippen LogP contribution is -2.17. The number of ether oxygens (including phenoxy) is 1. The highest BCUT2D eigenvalue weighted by atomic mass is 16.5. The molecular formula is C12H12N2O. The molecule has 2 rings (SSSR count). The van der Waals surface area contributed by atoms with Crippen LogP contribution in [0.1, 0.15) is 25.0 Å². The highest BCUT2D eigenvalue weighted by Crippen LogP contribution is 2.20. The third-order valence-electron chi connectivity index (χ3n) is 2.20. The largest absolute Gasteiger partial charge is 0.475 e.